The summed E-state index contributed by atoms with van der Waals surface area (Å²) < 4.78 is 15.9. The van der Waals surface area contributed by atoms with Gasteiger partial charge in [-0.2, -0.15) is 0 Å². The summed E-state index contributed by atoms with van der Waals surface area (Å²) in [6.07, 6.45) is 1.02. The molecule has 2 N–H and O–H groups in total. The van der Waals surface area contributed by atoms with Crippen molar-refractivity contribution >= 4 is 11.8 Å². The highest BCUT2D eigenvalue weighted by atomic mass is 19.1. The maximum Gasteiger partial charge on any atom is 0.258 e. The Balaban J connectivity index is 1.86. The van der Waals surface area contributed by atoms with Crippen LogP contribution in [0.15, 0.2) is 41.2 Å². The van der Waals surface area contributed by atoms with Crippen molar-refractivity contribution in [1.82, 2.24) is 14.8 Å². The van der Waals surface area contributed by atoms with E-state index in [2.05, 4.69) is 5.32 Å². The molecule has 2 bridgehead atoms. The van der Waals surface area contributed by atoms with E-state index >= 15 is 0 Å². The summed E-state index contributed by atoms with van der Waals surface area (Å²) in [4.78, 5) is 41.1. The summed E-state index contributed by atoms with van der Waals surface area (Å²) in [5.41, 5.74) is 0.621. The molecule has 2 aromatic rings. The first kappa shape index (κ1) is 22.2. The van der Waals surface area contributed by atoms with E-state index in [1.807, 2.05) is 6.92 Å². The van der Waals surface area contributed by atoms with Crippen LogP contribution in [0.4, 0.5) is 4.39 Å². The van der Waals surface area contributed by atoms with Crippen LogP contribution in [0.2, 0.25) is 0 Å². The highest BCUT2D eigenvalue weighted by molar-refractivity contribution is 5.84. The molecular weight excluding hydrogens is 413 g/mol. The van der Waals surface area contributed by atoms with Crippen LogP contribution < -0.4 is 10.9 Å². The molecule has 0 saturated carbocycles. The number of carbonyl (C=O) groups excluding carboxylic acids is 2. The van der Waals surface area contributed by atoms with Crippen LogP contribution in [-0.2, 0) is 16.1 Å². The SMILES string of the molecule is CCCNC(=O)[C@@H]1[C@@H](CO)[C@@H]2Cn3c(ccc(-c4ccccc4F)c3=O)[C@H]1N2C(=O)CC. The van der Waals surface area contributed by atoms with Gasteiger partial charge in [-0.15, -0.1) is 0 Å². The number of rotatable bonds is 6. The lowest BCUT2D eigenvalue weighted by Gasteiger charge is -2.38. The number of halogens is 1. The number of hydrogen-bond donors (Lipinski definition) is 2. The van der Waals surface area contributed by atoms with Gasteiger partial charge in [0.2, 0.25) is 11.8 Å². The molecule has 3 heterocycles. The van der Waals surface area contributed by atoms with Crippen molar-refractivity contribution in [2.75, 3.05) is 13.2 Å². The fourth-order valence-corrected chi connectivity index (χ4v) is 5.18. The molecule has 1 fully saturated rings. The fourth-order valence-electron chi connectivity index (χ4n) is 5.18. The van der Waals surface area contributed by atoms with Gasteiger partial charge in [0.25, 0.3) is 5.56 Å². The first-order chi connectivity index (χ1) is 15.4. The Morgan fingerprint density at radius 2 is 1.91 bits per heavy atom. The number of aliphatic hydroxyl groups excluding tert-OH is 1. The molecule has 1 saturated heterocycles. The number of pyridine rings is 1. The first-order valence-corrected chi connectivity index (χ1v) is 11.1. The summed E-state index contributed by atoms with van der Waals surface area (Å²) in [5, 5.41) is 13.1. The van der Waals surface area contributed by atoms with Gasteiger partial charge in [-0.3, -0.25) is 14.4 Å². The van der Waals surface area contributed by atoms with Crippen molar-refractivity contribution in [1.29, 1.82) is 0 Å². The number of nitrogens with zero attached hydrogens (tertiary/aromatic N) is 2. The molecule has 4 atom stereocenters. The number of hydrogen-bond acceptors (Lipinski definition) is 4. The molecule has 0 unspecified atom stereocenters. The van der Waals surface area contributed by atoms with Crippen molar-refractivity contribution in [2.24, 2.45) is 11.8 Å². The van der Waals surface area contributed by atoms with Crippen molar-refractivity contribution in [3.8, 4) is 11.1 Å². The minimum absolute atomic E-state index is 0.124. The van der Waals surface area contributed by atoms with E-state index in [0.29, 0.717) is 12.2 Å². The van der Waals surface area contributed by atoms with E-state index in [-0.39, 0.29) is 48.1 Å². The molecule has 2 aliphatic rings. The third-order valence-corrected chi connectivity index (χ3v) is 6.65. The topological polar surface area (TPSA) is 91.6 Å². The fraction of sp³-hybridized carbons (Fsp3) is 0.458. The van der Waals surface area contributed by atoms with Gasteiger partial charge in [-0.25, -0.2) is 4.39 Å². The minimum atomic E-state index is -0.667. The molecular formula is C24H28FN3O4. The summed E-state index contributed by atoms with van der Waals surface area (Å²) in [5.74, 6) is -2.01. The van der Waals surface area contributed by atoms with Gasteiger partial charge in [-0.05, 0) is 24.6 Å². The van der Waals surface area contributed by atoms with E-state index in [1.165, 1.54) is 6.07 Å². The van der Waals surface area contributed by atoms with Crippen molar-refractivity contribution in [2.45, 2.75) is 45.3 Å². The number of carbonyl (C=O) groups is 2. The average molecular weight is 442 g/mol. The highest BCUT2D eigenvalue weighted by Crippen LogP contribution is 2.48. The lowest BCUT2D eigenvalue weighted by Crippen LogP contribution is -2.49. The standard InChI is InChI=1S/C24H28FN3O4/c1-3-11-26-23(31)21-16(13-29)19-12-27-18(22(21)28(19)20(30)4-2)10-9-15(24(27)32)14-7-5-6-8-17(14)25/h5-10,16,19,21-22,29H,3-4,11-13H2,1-2H3,(H,26,31)/t16-,19-,21+,22+/m0/s1. The maximum atomic E-state index is 14.4. The van der Waals surface area contributed by atoms with Crippen molar-refractivity contribution in [3.63, 3.8) is 0 Å². The first-order valence-electron chi connectivity index (χ1n) is 11.1. The summed E-state index contributed by atoms with van der Waals surface area (Å²) in [6.45, 7) is 4.07. The predicted molar refractivity (Wildman–Crippen MR) is 117 cm³/mol. The van der Waals surface area contributed by atoms with Crippen LogP contribution in [0.5, 0.6) is 0 Å². The largest absolute Gasteiger partial charge is 0.396 e. The highest BCUT2D eigenvalue weighted by Gasteiger charge is 2.57. The number of aliphatic hydroxyl groups is 1. The number of amides is 2. The number of fused-ring (bicyclic) bond motifs is 4. The smallest absolute Gasteiger partial charge is 0.258 e. The second-order valence-corrected chi connectivity index (χ2v) is 8.40. The zero-order chi connectivity index (χ0) is 23.0. The molecule has 4 rings (SSSR count). The van der Waals surface area contributed by atoms with Crippen molar-refractivity contribution < 1.29 is 19.1 Å². The van der Waals surface area contributed by atoms with Crippen LogP contribution in [0.25, 0.3) is 11.1 Å². The zero-order valence-electron chi connectivity index (χ0n) is 18.3. The summed E-state index contributed by atoms with van der Waals surface area (Å²) >= 11 is 0. The van der Waals surface area contributed by atoms with E-state index in [9.17, 15) is 23.9 Å². The Hall–Kier alpha value is -3.00. The monoisotopic (exact) mass is 441 g/mol. The van der Waals surface area contributed by atoms with E-state index in [0.717, 1.165) is 6.42 Å². The molecule has 0 spiro atoms. The average Bonchev–Trinajstić information content (AvgIpc) is 3.04. The Kier molecular flexibility index (Phi) is 6.15. The normalized spacial score (nSPS) is 23.7. The zero-order valence-corrected chi connectivity index (χ0v) is 18.3. The molecule has 1 aromatic heterocycles. The quantitative estimate of drug-likeness (QED) is 0.718. The molecule has 2 amide bonds. The second kappa shape index (κ2) is 8.86. The van der Waals surface area contributed by atoms with Gasteiger partial charge in [0.15, 0.2) is 0 Å². The molecule has 0 aliphatic carbocycles. The van der Waals surface area contributed by atoms with Gasteiger partial charge in [0.05, 0.1) is 23.6 Å². The van der Waals surface area contributed by atoms with Crippen LogP contribution in [0.1, 0.15) is 38.4 Å². The van der Waals surface area contributed by atoms with E-state index in [4.69, 9.17) is 0 Å². The Morgan fingerprint density at radius 3 is 2.56 bits per heavy atom. The van der Waals surface area contributed by atoms with E-state index < -0.39 is 29.7 Å². The van der Waals surface area contributed by atoms with Gasteiger partial charge < -0.3 is 19.9 Å². The van der Waals surface area contributed by atoms with Gasteiger partial charge >= 0.3 is 0 Å². The molecule has 1 aromatic carbocycles. The molecule has 8 heteroatoms. The van der Waals surface area contributed by atoms with Crippen LogP contribution in [-0.4, -0.2) is 45.6 Å². The van der Waals surface area contributed by atoms with Gasteiger partial charge in [-0.1, -0.05) is 32.0 Å². The molecule has 32 heavy (non-hydrogen) atoms. The molecule has 2 aliphatic heterocycles. The van der Waals surface area contributed by atoms with E-state index in [1.54, 1.807) is 46.7 Å². The summed E-state index contributed by atoms with van der Waals surface area (Å²) in [6, 6.07) is 8.22. The Bertz CT molecular complexity index is 1100. The molecule has 7 nitrogen and oxygen atoms in total. The number of nitrogens with one attached hydrogen (secondary N) is 1. The minimum Gasteiger partial charge on any atom is -0.396 e. The Labute approximate surface area is 185 Å². The van der Waals surface area contributed by atoms with Crippen LogP contribution in [0, 0.1) is 17.7 Å². The summed E-state index contributed by atoms with van der Waals surface area (Å²) in [7, 11) is 0. The molecule has 0 radical (unpaired) electrons. The number of aromatic nitrogens is 1. The van der Waals surface area contributed by atoms with Crippen molar-refractivity contribution in [3.05, 3.63) is 58.3 Å². The third kappa shape index (κ3) is 3.43. The lowest BCUT2D eigenvalue weighted by atomic mass is 9.86. The van der Waals surface area contributed by atoms with Crippen LogP contribution >= 0.6 is 0 Å². The maximum absolute atomic E-state index is 14.4. The van der Waals surface area contributed by atoms with Gasteiger partial charge in [0.1, 0.15) is 5.82 Å². The predicted octanol–water partition coefficient (Wildman–Crippen LogP) is 2.08. The third-order valence-electron chi connectivity index (χ3n) is 6.65. The lowest BCUT2D eigenvalue weighted by molar-refractivity contribution is -0.136. The Morgan fingerprint density at radius 1 is 1.16 bits per heavy atom. The second-order valence-electron chi connectivity index (χ2n) is 8.40. The number of benzene rings is 1. The van der Waals surface area contributed by atoms with Crippen LogP contribution in [0.3, 0.4) is 0 Å². The van der Waals surface area contributed by atoms with Gasteiger partial charge in [0, 0.05) is 43.3 Å². The molecule has 170 valence electrons.